The van der Waals surface area contributed by atoms with E-state index in [2.05, 4.69) is 6.58 Å². The Bertz CT molecular complexity index is 157. The number of rotatable bonds is 8. The summed E-state index contributed by atoms with van der Waals surface area (Å²) in [5.41, 5.74) is -0.518. The van der Waals surface area contributed by atoms with Gasteiger partial charge in [-0.1, -0.05) is 6.08 Å². The maximum absolute atomic E-state index is 5.39. The number of allylic oxidation sites excluding steroid dienone is 1. The maximum atomic E-state index is 5.39. The predicted octanol–water partition coefficient (Wildman–Crippen LogP) is 0.670. The molecule has 0 bridgehead atoms. The molecule has 84 valence electrons. The molecule has 0 saturated heterocycles. The first-order chi connectivity index (χ1) is 6.64. The van der Waals surface area contributed by atoms with Crippen molar-refractivity contribution in [2.45, 2.75) is 30.8 Å². The van der Waals surface area contributed by atoms with Crippen molar-refractivity contribution in [3.05, 3.63) is 12.7 Å². The summed E-state index contributed by atoms with van der Waals surface area (Å²) in [4.78, 5) is 0. The molecule has 0 rings (SSSR count). The summed E-state index contributed by atoms with van der Waals surface area (Å²) in [6.45, 7) is 3.69. The Balaban J connectivity index is 4.14. The number of methoxy groups -OCH3 is 3. The van der Waals surface area contributed by atoms with Gasteiger partial charge in [0.05, 0.1) is 10.2 Å². The largest absolute Gasteiger partial charge is 0.376 e. The first-order valence-corrected chi connectivity index (χ1v) is 5.88. The Morgan fingerprint density at radius 2 is 1.93 bits per heavy atom. The van der Waals surface area contributed by atoms with Gasteiger partial charge in [-0.3, -0.25) is 0 Å². The van der Waals surface area contributed by atoms with Crippen LogP contribution < -0.4 is 0 Å². The second-order valence-corrected chi connectivity index (χ2v) is 4.76. The lowest BCUT2D eigenvalue weighted by Gasteiger charge is -2.34. The third-order valence-corrected chi connectivity index (χ3v) is 4.02. The summed E-state index contributed by atoms with van der Waals surface area (Å²) in [6, 6.07) is 0. The lowest BCUT2D eigenvalue weighted by Crippen LogP contribution is -2.47. The van der Waals surface area contributed by atoms with Crippen LogP contribution >= 0.6 is 0 Å². The molecule has 0 aliphatic carbocycles. The first-order valence-electron chi connectivity index (χ1n) is 4.88. The van der Waals surface area contributed by atoms with E-state index < -0.39 is 5.41 Å². The van der Waals surface area contributed by atoms with E-state index in [-0.39, 0.29) is 6.10 Å². The zero-order valence-electron chi connectivity index (χ0n) is 9.71. The third-order valence-electron chi connectivity index (χ3n) is 2.55. The van der Waals surface area contributed by atoms with Crippen LogP contribution in [0.1, 0.15) is 19.3 Å². The molecule has 0 aliphatic heterocycles. The molecule has 0 aromatic heterocycles. The molecule has 0 aromatic rings. The first kappa shape index (κ1) is 13.8. The average Bonchev–Trinajstić information content (AvgIpc) is 2.23. The highest BCUT2D eigenvalue weighted by Gasteiger charge is 2.33. The van der Waals surface area contributed by atoms with Gasteiger partial charge in [0, 0.05) is 21.3 Å². The van der Waals surface area contributed by atoms with Gasteiger partial charge in [-0.25, -0.2) is 0 Å². The van der Waals surface area contributed by atoms with Crippen LogP contribution in [0.25, 0.3) is 0 Å². The number of ether oxygens (including phenoxy) is 3. The van der Waals surface area contributed by atoms with Crippen LogP contribution in [0, 0.1) is 0 Å². The van der Waals surface area contributed by atoms with Gasteiger partial charge in [-0.05, 0) is 19.3 Å². The SMILES string of the molecule is C=CCCCC(OC)C([SiH3])(OC)OC. The zero-order chi connectivity index (χ0) is 11.0. The van der Waals surface area contributed by atoms with E-state index in [0.29, 0.717) is 0 Å². The average molecular weight is 218 g/mol. The van der Waals surface area contributed by atoms with Crippen molar-refractivity contribution in [2.24, 2.45) is 0 Å². The fraction of sp³-hybridized carbons (Fsp3) is 0.800. The molecule has 3 nitrogen and oxygen atoms in total. The van der Waals surface area contributed by atoms with E-state index in [1.165, 1.54) is 0 Å². The van der Waals surface area contributed by atoms with E-state index in [4.69, 9.17) is 14.2 Å². The molecule has 1 unspecified atom stereocenters. The molecule has 0 radical (unpaired) electrons. The molecule has 14 heavy (non-hydrogen) atoms. The second kappa shape index (κ2) is 7.17. The number of hydrogen-bond donors (Lipinski definition) is 0. The number of unbranched alkanes of at least 4 members (excludes halogenated alkanes) is 1. The summed E-state index contributed by atoms with van der Waals surface area (Å²) in [5.74, 6) is 0. The Morgan fingerprint density at radius 3 is 2.29 bits per heavy atom. The van der Waals surface area contributed by atoms with E-state index >= 15 is 0 Å². The molecule has 0 fully saturated rings. The van der Waals surface area contributed by atoms with Crippen LogP contribution in [-0.2, 0) is 14.2 Å². The molecule has 1 atom stereocenters. The van der Waals surface area contributed by atoms with E-state index in [1.807, 2.05) is 6.08 Å². The summed E-state index contributed by atoms with van der Waals surface area (Å²) >= 11 is 0. The van der Waals surface area contributed by atoms with Gasteiger partial charge >= 0.3 is 0 Å². The van der Waals surface area contributed by atoms with E-state index in [1.54, 1.807) is 21.3 Å². The van der Waals surface area contributed by atoms with Crippen LogP contribution in [0.4, 0.5) is 0 Å². The summed E-state index contributed by atoms with van der Waals surface area (Å²) in [5, 5.41) is 0. The topological polar surface area (TPSA) is 27.7 Å². The molecule has 0 saturated carbocycles. The highest BCUT2D eigenvalue weighted by Crippen LogP contribution is 2.20. The Morgan fingerprint density at radius 1 is 1.36 bits per heavy atom. The van der Waals surface area contributed by atoms with Crippen molar-refractivity contribution >= 4 is 10.2 Å². The van der Waals surface area contributed by atoms with Gasteiger partial charge in [-0.15, -0.1) is 6.58 Å². The Kier molecular flexibility index (Phi) is 7.09. The fourth-order valence-corrected chi connectivity index (χ4v) is 1.91. The highest BCUT2D eigenvalue weighted by molar-refractivity contribution is 6.13. The maximum Gasteiger partial charge on any atom is 0.165 e. The van der Waals surface area contributed by atoms with Gasteiger partial charge in [0.25, 0.3) is 0 Å². The van der Waals surface area contributed by atoms with Crippen LogP contribution in [0.15, 0.2) is 12.7 Å². The van der Waals surface area contributed by atoms with Crippen LogP contribution in [0.5, 0.6) is 0 Å². The van der Waals surface area contributed by atoms with Gasteiger partial charge in [-0.2, -0.15) is 0 Å². The smallest absolute Gasteiger partial charge is 0.165 e. The minimum atomic E-state index is -0.518. The molecular weight excluding hydrogens is 196 g/mol. The van der Waals surface area contributed by atoms with E-state index in [9.17, 15) is 0 Å². The highest BCUT2D eigenvalue weighted by atomic mass is 28.1. The molecule has 0 amide bonds. The molecule has 0 heterocycles. The zero-order valence-corrected chi connectivity index (χ0v) is 11.7. The summed E-state index contributed by atoms with van der Waals surface area (Å²) < 4.78 is 16.1. The third kappa shape index (κ3) is 3.92. The minimum Gasteiger partial charge on any atom is -0.376 e. The standard InChI is InChI=1S/C10H22O3Si/c1-5-6-7-8-9(11-2)10(14,12-3)13-4/h5,9H,1,6-8H2,2-4,14H3. The van der Waals surface area contributed by atoms with Crippen molar-refractivity contribution in [1.82, 2.24) is 0 Å². The second-order valence-electron chi connectivity index (χ2n) is 3.37. The van der Waals surface area contributed by atoms with Gasteiger partial charge in [0.15, 0.2) is 5.41 Å². The summed E-state index contributed by atoms with van der Waals surface area (Å²) in [6.07, 6.45) is 4.93. The van der Waals surface area contributed by atoms with Crippen molar-refractivity contribution < 1.29 is 14.2 Å². The molecule has 0 spiro atoms. The Hall–Kier alpha value is -0.163. The fourth-order valence-electron chi connectivity index (χ4n) is 1.39. The van der Waals surface area contributed by atoms with Gasteiger partial charge in [0.2, 0.25) is 0 Å². The van der Waals surface area contributed by atoms with Gasteiger partial charge < -0.3 is 14.2 Å². The summed E-state index contributed by atoms with van der Waals surface area (Å²) in [7, 11) is 5.81. The van der Waals surface area contributed by atoms with E-state index in [0.717, 1.165) is 29.5 Å². The molecule has 0 aromatic carbocycles. The van der Waals surface area contributed by atoms with Crippen LogP contribution in [0.3, 0.4) is 0 Å². The lowest BCUT2D eigenvalue weighted by molar-refractivity contribution is -0.209. The van der Waals surface area contributed by atoms with Crippen molar-refractivity contribution in [1.29, 1.82) is 0 Å². The molecule has 4 heteroatoms. The Labute approximate surface area is 89.8 Å². The van der Waals surface area contributed by atoms with Crippen molar-refractivity contribution in [2.75, 3.05) is 21.3 Å². The molecular formula is C10H22O3Si. The normalized spacial score (nSPS) is 14.2. The minimum absolute atomic E-state index is 0.0177. The van der Waals surface area contributed by atoms with Crippen LogP contribution in [-0.4, -0.2) is 43.1 Å². The molecule has 0 N–H and O–H groups in total. The molecule has 0 aliphatic rings. The quantitative estimate of drug-likeness (QED) is 0.259. The van der Waals surface area contributed by atoms with Crippen molar-refractivity contribution in [3.8, 4) is 0 Å². The van der Waals surface area contributed by atoms with Gasteiger partial charge in [0.1, 0.15) is 6.10 Å². The number of hydrogen-bond acceptors (Lipinski definition) is 3. The monoisotopic (exact) mass is 218 g/mol. The lowest BCUT2D eigenvalue weighted by atomic mass is 10.1. The predicted molar refractivity (Wildman–Crippen MR) is 61.5 cm³/mol. The van der Waals surface area contributed by atoms with Crippen LogP contribution in [0.2, 0.25) is 0 Å². The van der Waals surface area contributed by atoms with Crippen molar-refractivity contribution in [3.63, 3.8) is 0 Å².